The standard InChI is InChI=1S/C20H23Cl2N3O2/c1-14-12-25(7-8-27-14)13-16-4-2-3-15(9-16)11-23-20(26)24-19-10-17(21)5-6-18(19)22/h2-6,9-10,14H,7-8,11-13H2,1H3,(H2,23,24,26). The summed E-state index contributed by atoms with van der Waals surface area (Å²) >= 11 is 12.0. The van der Waals surface area contributed by atoms with Crippen LogP contribution in [0.5, 0.6) is 0 Å². The van der Waals surface area contributed by atoms with Crippen molar-refractivity contribution in [3.05, 3.63) is 63.6 Å². The van der Waals surface area contributed by atoms with Gasteiger partial charge in [0.15, 0.2) is 0 Å². The van der Waals surface area contributed by atoms with E-state index in [-0.39, 0.29) is 12.1 Å². The van der Waals surface area contributed by atoms with Gasteiger partial charge in [-0.2, -0.15) is 0 Å². The van der Waals surface area contributed by atoms with Gasteiger partial charge in [-0.05, 0) is 36.2 Å². The first-order valence-electron chi connectivity index (χ1n) is 8.91. The van der Waals surface area contributed by atoms with E-state index in [1.54, 1.807) is 18.2 Å². The third-order valence-electron chi connectivity index (χ3n) is 4.35. The molecule has 2 amide bonds. The second-order valence-electron chi connectivity index (χ2n) is 6.67. The Morgan fingerprint density at radius 2 is 2.04 bits per heavy atom. The van der Waals surface area contributed by atoms with Crippen molar-refractivity contribution >= 4 is 34.9 Å². The monoisotopic (exact) mass is 407 g/mol. The molecule has 2 N–H and O–H groups in total. The van der Waals surface area contributed by atoms with Crippen molar-refractivity contribution in [3.8, 4) is 0 Å². The first kappa shape index (κ1) is 20.0. The molecule has 144 valence electrons. The maximum Gasteiger partial charge on any atom is 0.319 e. The second kappa shape index (κ2) is 9.42. The fraction of sp³-hybridized carbons (Fsp3) is 0.350. The summed E-state index contributed by atoms with van der Waals surface area (Å²) in [7, 11) is 0. The Bertz CT molecular complexity index is 801. The number of carbonyl (C=O) groups is 1. The minimum absolute atomic E-state index is 0.269. The zero-order valence-electron chi connectivity index (χ0n) is 15.2. The van der Waals surface area contributed by atoms with Crippen LogP contribution in [0.3, 0.4) is 0 Å². The topological polar surface area (TPSA) is 53.6 Å². The summed E-state index contributed by atoms with van der Waals surface area (Å²) in [5.41, 5.74) is 2.75. The van der Waals surface area contributed by atoms with Crippen molar-refractivity contribution in [1.82, 2.24) is 10.2 Å². The smallest absolute Gasteiger partial charge is 0.319 e. The van der Waals surface area contributed by atoms with Gasteiger partial charge < -0.3 is 15.4 Å². The highest BCUT2D eigenvalue weighted by atomic mass is 35.5. The fourth-order valence-electron chi connectivity index (χ4n) is 3.07. The molecular weight excluding hydrogens is 385 g/mol. The van der Waals surface area contributed by atoms with Crippen LogP contribution in [0.1, 0.15) is 18.1 Å². The number of hydrogen-bond donors (Lipinski definition) is 2. The Hall–Kier alpha value is -1.79. The highest BCUT2D eigenvalue weighted by Gasteiger charge is 2.16. The predicted octanol–water partition coefficient (Wildman–Crippen LogP) is 4.54. The van der Waals surface area contributed by atoms with E-state index in [2.05, 4.69) is 34.6 Å². The van der Waals surface area contributed by atoms with E-state index in [0.717, 1.165) is 31.8 Å². The number of benzene rings is 2. The van der Waals surface area contributed by atoms with E-state index in [9.17, 15) is 4.79 Å². The van der Waals surface area contributed by atoms with Crippen molar-refractivity contribution < 1.29 is 9.53 Å². The van der Waals surface area contributed by atoms with Crippen LogP contribution < -0.4 is 10.6 Å². The number of amides is 2. The van der Waals surface area contributed by atoms with Crippen molar-refractivity contribution in [2.24, 2.45) is 0 Å². The van der Waals surface area contributed by atoms with Crippen LogP contribution in [-0.4, -0.2) is 36.7 Å². The number of morpholine rings is 1. The molecule has 1 aliphatic heterocycles. The first-order valence-corrected chi connectivity index (χ1v) is 9.67. The van der Waals surface area contributed by atoms with Gasteiger partial charge in [0, 0.05) is 31.2 Å². The largest absolute Gasteiger partial charge is 0.376 e. The minimum atomic E-state index is -0.327. The average Bonchev–Trinajstić information content (AvgIpc) is 2.63. The summed E-state index contributed by atoms with van der Waals surface area (Å²) in [5.74, 6) is 0. The van der Waals surface area contributed by atoms with Crippen molar-refractivity contribution in [2.75, 3.05) is 25.0 Å². The lowest BCUT2D eigenvalue weighted by molar-refractivity contribution is -0.0212. The molecule has 1 aliphatic rings. The van der Waals surface area contributed by atoms with Gasteiger partial charge in [-0.25, -0.2) is 4.79 Å². The van der Waals surface area contributed by atoms with Crippen molar-refractivity contribution in [2.45, 2.75) is 26.1 Å². The van der Waals surface area contributed by atoms with Crippen LogP contribution in [0.25, 0.3) is 0 Å². The number of anilines is 1. The predicted molar refractivity (Wildman–Crippen MR) is 109 cm³/mol. The SMILES string of the molecule is CC1CN(Cc2cccc(CNC(=O)Nc3cc(Cl)ccc3Cl)c2)CCO1. The summed E-state index contributed by atoms with van der Waals surface area (Å²) in [6.07, 6.45) is 0.269. The molecule has 0 aromatic heterocycles. The lowest BCUT2D eigenvalue weighted by Crippen LogP contribution is -2.40. The lowest BCUT2D eigenvalue weighted by atomic mass is 10.1. The van der Waals surface area contributed by atoms with E-state index >= 15 is 0 Å². The molecule has 1 heterocycles. The number of carbonyl (C=O) groups excluding carboxylic acids is 1. The Labute approximate surface area is 169 Å². The molecule has 1 fully saturated rings. The van der Waals surface area contributed by atoms with Crippen LogP contribution in [-0.2, 0) is 17.8 Å². The van der Waals surface area contributed by atoms with Gasteiger partial charge in [0.1, 0.15) is 0 Å². The molecule has 1 saturated heterocycles. The molecule has 1 atom stereocenters. The molecule has 0 radical (unpaired) electrons. The number of nitrogens with zero attached hydrogens (tertiary/aromatic N) is 1. The van der Waals surface area contributed by atoms with Gasteiger partial charge in [0.05, 0.1) is 23.4 Å². The summed E-state index contributed by atoms with van der Waals surface area (Å²) in [5, 5.41) is 6.52. The molecule has 27 heavy (non-hydrogen) atoms. The first-order chi connectivity index (χ1) is 13.0. The lowest BCUT2D eigenvalue weighted by Gasteiger charge is -2.31. The van der Waals surface area contributed by atoms with Gasteiger partial charge in [-0.15, -0.1) is 0 Å². The molecule has 1 unspecified atom stereocenters. The Morgan fingerprint density at radius 1 is 1.22 bits per heavy atom. The van der Waals surface area contributed by atoms with Crippen molar-refractivity contribution in [1.29, 1.82) is 0 Å². The van der Waals surface area contributed by atoms with Gasteiger partial charge >= 0.3 is 6.03 Å². The molecule has 0 saturated carbocycles. The normalized spacial score (nSPS) is 17.5. The quantitative estimate of drug-likeness (QED) is 0.764. The van der Waals surface area contributed by atoms with E-state index < -0.39 is 0 Å². The zero-order chi connectivity index (χ0) is 19.2. The molecule has 3 rings (SSSR count). The van der Waals surface area contributed by atoms with Gasteiger partial charge in [0.2, 0.25) is 0 Å². The number of urea groups is 1. The zero-order valence-corrected chi connectivity index (χ0v) is 16.7. The number of halogens is 2. The van der Waals surface area contributed by atoms with Crippen molar-refractivity contribution in [3.63, 3.8) is 0 Å². The number of ether oxygens (including phenoxy) is 1. The second-order valence-corrected chi connectivity index (χ2v) is 7.51. The van der Waals surface area contributed by atoms with Gasteiger partial charge in [-0.1, -0.05) is 47.5 Å². The molecule has 2 aromatic carbocycles. The molecule has 0 bridgehead atoms. The minimum Gasteiger partial charge on any atom is -0.376 e. The Kier molecular flexibility index (Phi) is 6.96. The average molecular weight is 408 g/mol. The van der Waals surface area contributed by atoms with Gasteiger partial charge in [0.25, 0.3) is 0 Å². The highest BCUT2D eigenvalue weighted by molar-refractivity contribution is 6.35. The number of rotatable bonds is 5. The third-order valence-corrected chi connectivity index (χ3v) is 4.92. The Morgan fingerprint density at radius 3 is 2.85 bits per heavy atom. The third kappa shape index (κ3) is 6.11. The van der Waals surface area contributed by atoms with E-state index in [1.165, 1.54) is 5.56 Å². The molecule has 2 aromatic rings. The summed E-state index contributed by atoms with van der Waals surface area (Å²) in [4.78, 5) is 14.5. The van der Waals surface area contributed by atoms with Crippen LogP contribution >= 0.6 is 23.2 Å². The summed E-state index contributed by atoms with van der Waals surface area (Å²) in [6, 6.07) is 12.9. The maximum absolute atomic E-state index is 12.1. The van der Waals surface area contributed by atoms with Crippen LogP contribution in [0.2, 0.25) is 10.0 Å². The number of hydrogen-bond acceptors (Lipinski definition) is 3. The maximum atomic E-state index is 12.1. The molecular formula is C20H23Cl2N3O2. The highest BCUT2D eigenvalue weighted by Crippen LogP contribution is 2.25. The molecule has 0 spiro atoms. The van der Waals surface area contributed by atoms with Crippen LogP contribution in [0, 0.1) is 0 Å². The fourth-order valence-corrected chi connectivity index (χ4v) is 3.41. The molecule has 5 nitrogen and oxygen atoms in total. The molecule has 7 heteroatoms. The van der Waals surface area contributed by atoms with E-state index in [0.29, 0.717) is 22.3 Å². The summed E-state index contributed by atoms with van der Waals surface area (Å²) < 4.78 is 5.59. The van der Waals surface area contributed by atoms with E-state index in [4.69, 9.17) is 27.9 Å². The van der Waals surface area contributed by atoms with E-state index in [1.807, 2.05) is 12.1 Å². The number of nitrogens with one attached hydrogen (secondary N) is 2. The van der Waals surface area contributed by atoms with Crippen LogP contribution in [0.4, 0.5) is 10.5 Å². The molecule has 0 aliphatic carbocycles. The van der Waals surface area contributed by atoms with Gasteiger partial charge in [-0.3, -0.25) is 4.90 Å². The Balaban J connectivity index is 1.53. The van der Waals surface area contributed by atoms with Crippen LogP contribution in [0.15, 0.2) is 42.5 Å². The summed E-state index contributed by atoms with van der Waals surface area (Å²) in [6.45, 7) is 6.05.